The van der Waals surface area contributed by atoms with E-state index >= 15 is 0 Å². The van der Waals surface area contributed by atoms with Crippen LogP contribution >= 0.6 is 11.7 Å². The van der Waals surface area contributed by atoms with Crippen LogP contribution in [0, 0.1) is 5.92 Å². The van der Waals surface area contributed by atoms with Crippen molar-refractivity contribution in [3.8, 4) is 0 Å². The molecule has 1 rings (SSSR count). The Labute approximate surface area is 96.6 Å². The monoisotopic (exact) mass is 227 g/mol. The van der Waals surface area contributed by atoms with E-state index in [-0.39, 0.29) is 0 Å². The number of hydrogen-bond donors (Lipinski definition) is 1. The molecule has 0 aromatic carbocycles. The van der Waals surface area contributed by atoms with Crippen molar-refractivity contribution in [1.82, 2.24) is 14.1 Å². The molecule has 1 aromatic rings. The highest BCUT2D eigenvalue weighted by atomic mass is 32.1. The molecular weight excluding hydrogens is 206 g/mol. The average Bonchev–Trinajstić information content (AvgIpc) is 2.77. The first kappa shape index (κ1) is 12.6. The summed E-state index contributed by atoms with van der Waals surface area (Å²) in [5, 5.41) is 3.54. The summed E-state index contributed by atoms with van der Waals surface area (Å²) < 4.78 is 8.40. The Balaban J connectivity index is 2.53. The summed E-state index contributed by atoms with van der Waals surface area (Å²) in [6, 6.07) is 0.388. The number of nitrogens with zero attached hydrogens (tertiary/aromatic N) is 2. The van der Waals surface area contributed by atoms with E-state index < -0.39 is 0 Å². The second-order valence-electron chi connectivity index (χ2n) is 4.09. The third kappa shape index (κ3) is 4.26. The molecular formula is C11H21N3S. The van der Waals surface area contributed by atoms with Gasteiger partial charge < -0.3 is 5.32 Å². The Hall–Kier alpha value is -0.480. The van der Waals surface area contributed by atoms with Gasteiger partial charge in [0.2, 0.25) is 0 Å². The standard InChI is InChI=1S/C11H21N3S/c1-4-6-12-10(7-9(3)5-2)11-8-13-15-14-11/h8-10,12H,4-7H2,1-3H3. The minimum atomic E-state index is 0.388. The Morgan fingerprint density at radius 2 is 2.27 bits per heavy atom. The van der Waals surface area contributed by atoms with Crippen LogP contribution in [-0.2, 0) is 0 Å². The molecule has 1 N–H and O–H groups in total. The van der Waals surface area contributed by atoms with E-state index in [4.69, 9.17) is 0 Å². The summed E-state index contributed by atoms with van der Waals surface area (Å²) in [7, 11) is 0. The molecule has 0 amide bonds. The predicted octanol–water partition coefficient (Wildman–Crippen LogP) is 3.02. The van der Waals surface area contributed by atoms with Crippen LogP contribution in [0.3, 0.4) is 0 Å². The van der Waals surface area contributed by atoms with Crippen molar-refractivity contribution in [3.63, 3.8) is 0 Å². The first-order chi connectivity index (χ1) is 7.27. The number of hydrogen-bond acceptors (Lipinski definition) is 4. The highest BCUT2D eigenvalue weighted by Gasteiger charge is 2.15. The van der Waals surface area contributed by atoms with Crippen LogP contribution in [0.25, 0.3) is 0 Å². The SMILES string of the molecule is CCCNC(CC(C)CC)c1cnsn1. The molecule has 0 aliphatic rings. The predicted molar refractivity (Wildman–Crippen MR) is 65.0 cm³/mol. The summed E-state index contributed by atoms with van der Waals surface area (Å²) in [5.74, 6) is 0.737. The lowest BCUT2D eigenvalue weighted by molar-refractivity contribution is 0.398. The van der Waals surface area contributed by atoms with E-state index in [1.807, 2.05) is 6.20 Å². The van der Waals surface area contributed by atoms with Gasteiger partial charge in [0, 0.05) is 0 Å². The van der Waals surface area contributed by atoms with E-state index in [9.17, 15) is 0 Å². The lowest BCUT2D eigenvalue weighted by atomic mass is 9.97. The van der Waals surface area contributed by atoms with Gasteiger partial charge >= 0.3 is 0 Å². The minimum Gasteiger partial charge on any atom is -0.309 e. The molecule has 0 saturated carbocycles. The fourth-order valence-corrected chi connectivity index (χ4v) is 1.99. The molecule has 0 aliphatic carbocycles. The van der Waals surface area contributed by atoms with Crippen LogP contribution in [0.5, 0.6) is 0 Å². The van der Waals surface area contributed by atoms with Crippen molar-refractivity contribution < 1.29 is 0 Å². The molecule has 2 unspecified atom stereocenters. The van der Waals surface area contributed by atoms with E-state index in [2.05, 4.69) is 34.8 Å². The van der Waals surface area contributed by atoms with Crippen LogP contribution in [-0.4, -0.2) is 15.3 Å². The first-order valence-electron chi connectivity index (χ1n) is 5.78. The molecule has 1 aromatic heterocycles. The molecule has 3 nitrogen and oxygen atoms in total. The quantitative estimate of drug-likeness (QED) is 0.778. The van der Waals surface area contributed by atoms with E-state index in [0.29, 0.717) is 6.04 Å². The third-order valence-corrected chi connectivity index (χ3v) is 3.20. The van der Waals surface area contributed by atoms with Gasteiger partial charge in [-0.25, -0.2) is 0 Å². The number of aromatic nitrogens is 2. The average molecular weight is 227 g/mol. The maximum absolute atomic E-state index is 4.32. The topological polar surface area (TPSA) is 37.8 Å². The van der Waals surface area contributed by atoms with Gasteiger partial charge in [0.25, 0.3) is 0 Å². The molecule has 0 saturated heterocycles. The highest BCUT2D eigenvalue weighted by Crippen LogP contribution is 2.21. The van der Waals surface area contributed by atoms with Crippen LogP contribution in [0.15, 0.2) is 6.20 Å². The van der Waals surface area contributed by atoms with Gasteiger partial charge in [0.05, 0.1) is 29.7 Å². The maximum atomic E-state index is 4.32. The van der Waals surface area contributed by atoms with Crippen LogP contribution in [0.1, 0.15) is 51.8 Å². The first-order valence-corrected chi connectivity index (χ1v) is 6.51. The Morgan fingerprint density at radius 1 is 1.47 bits per heavy atom. The van der Waals surface area contributed by atoms with E-state index in [0.717, 1.165) is 31.0 Å². The zero-order chi connectivity index (χ0) is 11.1. The van der Waals surface area contributed by atoms with Crippen LogP contribution < -0.4 is 5.32 Å². The smallest absolute Gasteiger partial charge is 0.0912 e. The normalized spacial score (nSPS) is 15.1. The zero-order valence-corrected chi connectivity index (χ0v) is 10.7. The number of rotatable bonds is 7. The van der Waals surface area contributed by atoms with Crippen molar-refractivity contribution in [2.75, 3.05) is 6.54 Å². The summed E-state index contributed by atoms with van der Waals surface area (Å²) in [4.78, 5) is 0. The van der Waals surface area contributed by atoms with Gasteiger partial charge in [-0.3, -0.25) is 0 Å². The summed E-state index contributed by atoms with van der Waals surface area (Å²) in [5.41, 5.74) is 1.11. The molecule has 2 atom stereocenters. The fourth-order valence-electron chi connectivity index (χ4n) is 1.52. The van der Waals surface area contributed by atoms with Gasteiger partial charge in [0.15, 0.2) is 0 Å². The van der Waals surface area contributed by atoms with Crippen molar-refractivity contribution >= 4 is 11.7 Å². The van der Waals surface area contributed by atoms with Crippen LogP contribution in [0.4, 0.5) is 0 Å². The molecule has 0 aliphatic heterocycles. The third-order valence-electron chi connectivity index (χ3n) is 2.71. The minimum absolute atomic E-state index is 0.388. The summed E-state index contributed by atoms with van der Waals surface area (Å²) in [6.45, 7) is 7.77. The van der Waals surface area contributed by atoms with Crippen molar-refractivity contribution in [1.29, 1.82) is 0 Å². The van der Waals surface area contributed by atoms with Crippen LogP contribution in [0.2, 0.25) is 0 Å². The molecule has 86 valence electrons. The van der Waals surface area contributed by atoms with Gasteiger partial charge in [-0.1, -0.05) is 27.2 Å². The van der Waals surface area contributed by atoms with E-state index in [1.165, 1.54) is 18.1 Å². The molecule has 0 spiro atoms. The van der Waals surface area contributed by atoms with Gasteiger partial charge in [-0.2, -0.15) is 8.75 Å². The second kappa shape index (κ2) is 6.90. The molecule has 1 heterocycles. The van der Waals surface area contributed by atoms with Gasteiger partial charge in [-0.15, -0.1) is 0 Å². The van der Waals surface area contributed by atoms with Crippen molar-refractivity contribution in [2.24, 2.45) is 5.92 Å². The molecule has 15 heavy (non-hydrogen) atoms. The molecule has 0 radical (unpaired) electrons. The largest absolute Gasteiger partial charge is 0.309 e. The molecule has 0 bridgehead atoms. The number of nitrogens with one attached hydrogen (secondary N) is 1. The summed E-state index contributed by atoms with van der Waals surface area (Å²) >= 11 is 1.30. The van der Waals surface area contributed by atoms with Crippen molar-refractivity contribution in [2.45, 2.75) is 46.1 Å². The summed E-state index contributed by atoms with van der Waals surface area (Å²) in [6.07, 6.45) is 5.43. The van der Waals surface area contributed by atoms with Gasteiger partial charge in [-0.05, 0) is 25.3 Å². The van der Waals surface area contributed by atoms with E-state index in [1.54, 1.807) is 0 Å². The van der Waals surface area contributed by atoms with Crippen molar-refractivity contribution in [3.05, 3.63) is 11.9 Å². The molecule has 4 heteroatoms. The Kier molecular flexibility index (Phi) is 5.79. The lowest BCUT2D eigenvalue weighted by Crippen LogP contribution is -2.24. The highest BCUT2D eigenvalue weighted by molar-refractivity contribution is 6.99. The Bertz CT molecular complexity index is 248. The second-order valence-corrected chi connectivity index (χ2v) is 4.64. The van der Waals surface area contributed by atoms with Gasteiger partial charge in [0.1, 0.15) is 0 Å². The maximum Gasteiger partial charge on any atom is 0.0912 e. The molecule has 0 fully saturated rings. The lowest BCUT2D eigenvalue weighted by Gasteiger charge is -2.19. The fraction of sp³-hybridized carbons (Fsp3) is 0.818. The zero-order valence-electron chi connectivity index (χ0n) is 9.86. The Morgan fingerprint density at radius 3 is 2.80 bits per heavy atom.